The molecule has 0 saturated heterocycles. The molecule has 0 rings (SSSR count). The standard InChI is InChI=1S/C2H2F5O3P.2Na/c3-1(4,5)2(6,7)11(8,9)10;;/h(H2,8,9,10);;/q;2*+1/p-2. The van der Waals surface area contributed by atoms with Gasteiger partial charge < -0.3 is 14.4 Å². The van der Waals surface area contributed by atoms with Crippen molar-refractivity contribution >= 4 is 7.60 Å². The van der Waals surface area contributed by atoms with Gasteiger partial charge in [-0.05, 0) is 0 Å². The van der Waals surface area contributed by atoms with E-state index < -0.39 is 19.4 Å². The number of alkyl halides is 5. The van der Waals surface area contributed by atoms with Crippen LogP contribution in [0.3, 0.4) is 0 Å². The maximum Gasteiger partial charge on any atom is 1.00 e. The first-order chi connectivity index (χ1) is 4.50. The second-order valence-corrected chi connectivity index (χ2v) is 3.09. The number of hydrogen-bond donors (Lipinski definition) is 0. The Bertz CT molecular complexity index is 198. The van der Waals surface area contributed by atoms with Crippen LogP contribution in [0.1, 0.15) is 0 Å². The molecule has 0 amide bonds. The van der Waals surface area contributed by atoms with Gasteiger partial charge in [-0.1, -0.05) is 0 Å². The maximum atomic E-state index is 11.4. The van der Waals surface area contributed by atoms with Crippen LogP contribution in [0, 0.1) is 0 Å². The minimum atomic E-state index is -6.95. The average molecular weight is 244 g/mol. The van der Waals surface area contributed by atoms with Crippen molar-refractivity contribution in [3.05, 3.63) is 0 Å². The summed E-state index contributed by atoms with van der Waals surface area (Å²) in [6, 6.07) is 0. The molecule has 0 aromatic carbocycles. The fourth-order valence-electron chi connectivity index (χ4n) is 0.155. The summed E-state index contributed by atoms with van der Waals surface area (Å²) >= 11 is 0. The van der Waals surface area contributed by atoms with Crippen molar-refractivity contribution in [1.29, 1.82) is 0 Å². The molecule has 0 heterocycles. The van der Waals surface area contributed by atoms with Gasteiger partial charge in [0.2, 0.25) is 0 Å². The van der Waals surface area contributed by atoms with E-state index in [1.807, 2.05) is 0 Å². The largest absolute Gasteiger partial charge is 1.00 e. The van der Waals surface area contributed by atoms with Gasteiger partial charge >= 0.3 is 71.0 Å². The molecular formula is C2F5Na2O3P. The van der Waals surface area contributed by atoms with Crippen molar-refractivity contribution in [2.24, 2.45) is 0 Å². The SMILES string of the molecule is O=P([O-])([O-])C(F)(F)C(F)(F)F.[Na+].[Na+]. The van der Waals surface area contributed by atoms with Gasteiger partial charge in [-0.15, -0.1) is 0 Å². The van der Waals surface area contributed by atoms with Crippen LogP contribution in [-0.4, -0.2) is 11.8 Å². The van der Waals surface area contributed by atoms with Gasteiger partial charge in [0.05, 0.1) is 0 Å². The summed E-state index contributed by atoms with van der Waals surface area (Å²) in [5, 5.41) is 0. The first-order valence-electron chi connectivity index (χ1n) is 1.97. The summed E-state index contributed by atoms with van der Waals surface area (Å²) in [4.78, 5) is 18.6. The van der Waals surface area contributed by atoms with Crippen molar-refractivity contribution < 1.29 is 95.4 Å². The molecule has 0 aliphatic heterocycles. The van der Waals surface area contributed by atoms with Gasteiger partial charge in [0.1, 0.15) is 0 Å². The molecule has 0 N–H and O–H groups in total. The van der Waals surface area contributed by atoms with Gasteiger partial charge in [-0.3, -0.25) is 0 Å². The fraction of sp³-hybridized carbons (Fsp3) is 1.00. The van der Waals surface area contributed by atoms with Crippen LogP contribution in [0.5, 0.6) is 0 Å². The van der Waals surface area contributed by atoms with Gasteiger partial charge in [0, 0.05) is 7.60 Å². The molecule has 0 radical (unpaired) electrons. The second-order valence-electron chi connectivity index (χ2n) is 1.54. The van der Waals surface area contributed by atoms with E-state index in [0.717, 1.165) is 0 Å². The zero-order chi connectivity index (χ0) is 9.50. The molecule has 0 bridgehead atoms. The van der Waals surface area contributed by atoms with Crippen LogP contribution in [0.15, 0.2) is 0 Å². The van der Waals surface area contributed by atoms with E-state index in [0.29, 0.717) is 0 Å². The van der Waals surface area contributed by atoms with Gasteiger partial charge in [-0.2, -0.15) is 22.0 Å². The first kappa shape index (κ1) is 20.2. The Labute approximate surface area is 114 Å². The molecule has 11 heteroatoms. The molecule has 68 valence electrons. The van der Waals surface area contributed by atoms with Crippen molar-refractivity contribution in [3.63, 3.8) is 0 Å². The van der Waals surface area contributed by atoms with E-state index >= 15 is 0 Å². The van der Waals surface area contributed by atoms with Crippen molar-refractivity contribution in [1.82, 2.24) is 0 Å². The second kappa shape index (κ2) is 5.77. The molecule has 0 saturated carbocycles. The minimum Gasteiger partial charge on any atom is -0.806 e. The Hall–Kier alpha value is 1.80. The summed E-state index contributed by atoms with van der Waals surface area (Å²) in [5.41, 5.74) is -6.18. The molecule has 0 fully saturated rings. The molecule has 13 heavy (non-hydrogen) atoms. The zero-order valence-corrected chi connectivity index (χ0v) is 11.5. The van der Waals surface area contributed by atoms with Gasteiger partial charge in [-0.25, -0.2) is 0 Å². The molecule has 0 atom stereocenters. The molecule has 0 aromatic heterocycles. The quantitative estimate of drug-likeness (QED) is 0.262. The third kappa shape index (κ3) is 4.90. The predicted octanol–water partition coefficient (Wildman–Crippen LogP) is -5.94. The number of halogens is 5. The third-order valence-electron chi connectivity index (χ3n) is 0.685. The average Bonchev–Trinajstić information content (AvgIpc) is 1.58. The van der Waals surface area contributed by atoms with Crippen molar-refractivity contribution in [3.8, 4) is 0 Å². The first-order valence-corrected chi connectivity index (χ1v) is 3.51. The van der Waals surface area contributed by atoms with E-state index in [1.54, 1.807) is 0 Å². The summed E-state index contributed by atoms with van der Waals surface area (Å²) in [5.74, 6) is 0. The molecule has 0 aliphatic rings. The van der Waals surface area contributed by atoms with Gasteiger partial charge in [0.15, 0.2) is 0 Å². The normalized spacial score (nSPS) is 12.8. The van der Waals surface area contributed by atoms with E-state index in [2.05, 4.69) is 0 Å². The molecular weight excluding hydrogens is 244 g/mol. The zero-order valence-electron chi connectivity index (χ0n) is 6.56. The topological polar surface area (TPSA) is 63.2 Å². The fourth-order valence-corrected chi connectivity index (χ4v) is 0.466. The Morgan fingerprint density at radius 3 is 1.15 bits per heavy atom. The Morgan fingerprint density at radius 1 is 0.923 bits per heavy atom. The van der Waals surface area contributed by atoms with E-state index in [9.17, 15) is 36.3 Å². The summed E-state index contributed by atoms with van der Waals surface area (Å²) < 4.78 is 65.2. The van der Waals surface area contributed by atoms with Crippen molar-refractivity contribution in [2.75, 3.05) is 0 Å². The summed E-state index contributed by atoms with van der Waals surface area (Å²) in [7, 11) is -6.95. The van der Waals surface area contributed by atoms with E-state index in [1.165, 1.54) is 0 Å². The van der Waals surface area contributed by atoms with Gasteiger partial charge in [0.25, 0.3) is 0 Å². The summed E-state index contributed by atoms with van der Waals surface area (Å²) in [6.45, 7) is 0. The Balaban J connectivity index is -0.000000500. The molecule has 0 aliphatic carbocycles. The van der Waals surface area contributed by atoms with Crippen LogP contribution in [0.25, 0.3) is 0 Å². The predicted molar refractivity (Wildman–Crippen MR) is 18.6 cm³/mol. The number of rotatable bonds is 1. The van der Waals surface area contributed by atoms with Crippen LogP contribution < -0.4 is 68.9 Å². The molecule has 0 aromatic rings. The Morgan fingerprint density at radius 2 is 1.15 bits per heavy atom. The van der Waals surface area contributed by atoms with Crippen LogP contribution in [0.2, 0.25) is 0 Å². The van der Waals surface area contributed by atoms with E-state index in [4.69, 9.17) is 0 Å². The van der Waals surface area contributed by atoms with E-state index in [-0.39, 0.29) is 59.1 Å². The minimum absolute atomic E-state index is 0. The Kier molecular flexibility index (Phi) is 8.98. The molecule has 3 nitrogen and oxygen atoms in total. The van der Waals surface area contributed by atoms with Crippen LogP contribution >= 0.6 is 7.60 Å². The van der Waals surface area contributed by atoms with Crippen molar-refractivity contribution in [2.45, 2.75) is 11.8 Å². The smallest absolute Gasteiger partial charge is 0.806 e. The third-order valence-corrected chi connectivity index (χ3v) is 1.63. The summed E-state index contributed by atoms with van der Waals surface area (Å²) in [6.07, 6.45) is -6.34. The maximum absolute atomic E-state index is 11.4. The van der Waals surface area contributed by atoms with Crippen LogP contribution in [0.4, 0.5) is 22.0 Å². The molecule has 0 spiro atoms. The monoisotopic (exact) mass is 244 g/mol. The van der Waals surface area contributed by atoms with Crippen LogP contribution in [-0.2, 0) is 4.57 Å². The molecule has 0 unspecified atom stereocenters. The number of hydrogen-bond acceptors (Lipinski definition) is 3.